The molecule has 25 heavy (non-hydrogen) atoms. The van der Waals surface area contributed by atoms with Crippen LogP contribution in [0.3, 0.4) is 0 Å². The number of carbonyl (C=O) groups is 1. The number of aromatic nitrogens is 5. The van der Waals surface area contributed by atoms with E-state index in [1.807, 2.05) is 36.7 Å². The quantitative estimate of drug-likeness (QED) is 0.623. The Morgan fingerprint density at radius 3 is 2.84 bits per heavy atom. The Hall–Kier alpha value is -3.48. The molecule has 7 heteroatoms. The summed E-state index contributed by atoms with van der Waals surface area (Å²) >= 11 is 0. The highest BCUT2D eigenvalue weighted by atomic mass is 16.1. The summed E-state index contributed by atoms with van der Waals surface area (Å²) < 4.78 is 3.68. The van der Waals surface area contributed by atoms with Gasteiger partial charge in [-0.15, -0.1) is 0 Å². The summed E-state index contributed by atoms with van der Waals surface area (Å²) in [6.45, 7) is 3.94. The van der Waals surface area contributed by atoms with Crippen molar-refractivity contribution in [3.8, 4) is 17.1 Å². The van der Waals surface area contributed by atoms with E-state index in [1.165, 1.54) is 0 Å². The molecular formula is C18H16N6O. The summed E-state index contributed by atoms with van der Waals surface area (Å²) in [5.41, 5.74) is 10.1. The third-order valence-electron chi connectivity index (χ3n) is 4.07. The van der Waals surface area contributed by atoms with E-state index >= 15 is 0 Å². The van der Waals surface area contributed by atoms with Crippen LogP contribution in [-0.4, -0.2) is 30.1 Å². The average molecular weight is 332 g/mol. The maximum absolute atomic E-state index is 11.5. The Morgan fingerprint density at radius 2 is 2.04 bits per heavy atom. The molecule has 0 bridgehead atoms. The van der Waals surface area contributed by atoms with Gasteiger partial charge in [0.05, 0.1) is 11.8 Å². The highest BCUT2D eigenvalue weighted by Crippen LogP contribution is 2.25. The van der Waals surface area contributed by atoms with Gasteiger partial charge in [0.1, 0.15) is 5.82 Å². The Labute approximate surface area is 143 Å². The SMILES string of the molecule is Cc1cc(C)n2ncc(-c3nccn3-c3cccc(C(N)=O)c3)c2n1. The molecule has 0 aliphatic carbocycles. The first-order chi connectivity index (χ1) is 12.0. The van der Waals surface area contributed by atoms with Crippen molar-refractivity contribution in [3.63, 3.8) is 0 Å². The molecule has 0 aliphatic heterocycles. The lowest BCUT2D eigenvalue weighted by Gasteiger charge is -2.08. The normalized spacial score (nSPS) is 11.1. The highest BCUT2D eigenvalue weighted by molar-refractivity contribution is 5.93. The number of imidazole rings is 1. The average Bonchev–Trinajstić information content (AvgIpc) is 3.21. The van der Waals surface area contributed by atoms with E-state index in [-0.39, 0.29) is 0 Å². The summed E-state index contributed by atoms with van der Waals surface area (Å²) in [6.07, 6.45) is 5.30. The van der Waals surface area contributed by atoms with Crippen LogP contribution in [0.1, 0.15) is 21.7 Å². The number of fused-ring (bicyclic) bond motifs is 1. The second-order valence-electron chi connectivity index (χ2n) is 5.87. The smallest absolute Gasteiger partial charge is 0.248 e. The van der Waals surface area contributed by atoms with E-state index in [1.54, 1.807) is 35.1 Å². The van der Waals surface area contributed by atoms with Gasteiger partial charge < -0.3 is 5.73 Å². The molecule has 4 rings (SSSR count). The zero-order chi connectivity index (χ0) is 17.6. The van der Waals surface area contributed by atoms with Crippen LogP contribution in [0.5, 0.6) is 0 Å². The number of amides is 1. The highest BCUT2D eigenvalue weighted by Gasteiger charge is 2.16. The fourth-order valence-electron chi connectivity index (χ4n) is 2.95. The number of benzene rings is 1. The van der Waals surface area contributed by atoms with Crippen molar-refractivity contribution in [2.45, 2.75) is 13.8 Å². The molecule has 1 aromatic carbocycles. The number of carbonyl (C=O) groups excluding carboxylic acids is 1. The van der Waals surface area contributed by atoms with Gasteiger partial charge in [-0.05, 0) is 38.1 Å². The third-order valence-corrected chi connectivity index (χ3v) is 4.07. The van der Waals surface area contributed by atoms with E-state index in [9.17, 15) is 4.79 Å². The zero-order valence-electron chi connectivity index (χ0n) is 13.8. The first kappa shape index (κ1) is 15.1. The Morgan fingerprint density at radius 1 is 1.20 bits per heavy atom. The lowest BCUT2D eigenvalue weighted by Crippen LogP contribution is -2.11. The Kier molecular flexibility index (Phi) is 3.35. The fraction of sp³-hybridized carbons (Fsp3) is 0.111. The minimum atomic E-state index is -0.465. The maximum Gasteiger partial charge on any atom is 0.248 e. The summed E-state index contributed by atoms with van der Waals surface area (Å²) in [5, 5.41) is 4.42. The molecule has 3 aromatic heterocycles. The lowest BCUT2D eigenvalue weighted by atomic mass is 10.2. The lowest BCUT2D eigenvalue weighted by molar-refractivity contribution is 0.100. The molecule has 0 aliphatic rings. The van der Waals surface area contributed by atoms with Gasteiger partial charge in [0.2, 0.25) is 5.91 Å². The minimum absolute atomic E-state index is 0.446. The third kappa shape index (κ3) is 2.46. The Bertz CT molecular complexity index is 1110. The predicted octanol–water partition coefficient (Wildman–Crippen LogP) is 2.30. The molecular weight excluding hydrogens is 316 g/mol. The van der Waals surface area contributed by atoms with E-state index in [4.69, 9.17) is 5.73 Å². The molecule has 1 amide bonds. The van der Waals surface area contributed by atoms with Gasteiger partial charge in [0, 0.05) is 35.0 Å². The molecule has 0 spiro atoms. The zero-order valence-corrected chi connectivity index (χ0v) is 13.8. The second-order valence-corrected chi connectivity index (χ2v) is 5.87. The molecule has 3 heterocycles. The van der Waals surface area contributed by atoms with Crippen molar-refractivity contribution in [1.29, 1.82) is 0 Å². The maximum atomic E-state index is 11.5. The van der Waals surface area contributed by atoms with Crippen LogP contribution in [0.4, 0.5) is 0 Å². The van der Waals surface area contributed by atoms with Gasteiger partial charge in [-0.3, -0.25) is 9.36 Å². The van der Waals surface area contributed by atoms with Gasteiger partial charge in [0.15, 0.2) is 5.65 Å². The number of hydrogen-bond acceptors (Lipinski definition) is 4. The molecule has 7 nitrogen and oxygen atoms in total. The van der Waals surface area contributed by atoms with Crippen molar-refractivity contribution >= 4 is 11.6 Å². The van der Waals surface area contributed by atoms with Gasteiger partial charge in [-0.25, -0.2) is 14.5 Å². The molecule has 0 saturated carbocycles. The van der Waals surface area contributed by atoms with E-state index in [2.05, 4.69) is 15.1 Å². The first-order valence-electron chi connectivity index (χ1n) is 7.80. The molecule has 0 saturated heterocycles. The number of hydrogen-bond donors (Lipinski definition) is 1. The number of aryl methyl sites for hydroxylation is 2. The van der Waals surface area contributed by atoms with E-state index in [0.717, 1.165) is 28.3 Å². The topological polar surface area (TPSA) is 91.1 Å². The summed E-state index contributed by atoms with van der Waals surface area (Å²) in [4.78, 5) is 20.5. The predicted molar refractivity (Wildman–Crippen MR) is 93.5 cm³/mol. The van der Waals surface area contributed by atoms with Crippen LogP contribution < -0.4 is 5.73 Å². The van der Waals surface area contributed by atoms with Crippen LogP contribution in [-0.2, 0) is 0 Å². The van der Waals surface area contributed by atoms with Crippen LogP contribution in [0.2, 0.25) is 0 Å². The summed E-state index contributed by atoms with van der Waals surface area (Å²) in [5.74, 6) is 0.238. The fourth-order valence-corrected chi connectivity index (χ4v) is 2.95. The Balaban J connectivity index is 1.91. The van der Waals surface area contributed by atoms with E-state index < -0.39 is 5.91 Å². The second kappa shape index (κ2) is 5.55. The van der Waals surface area contributed by atoms with Crippen molar-refractivity contribution in [2.24, 2.45) is 5.73 Å². The van der Waals surface area contributed by atoms with Crippen molar-refractivity contribution < 1.29 is 4.79 Å². The van der Waals surface area contributed by atoms with Crippen LogP contribution in [0.15, 0.2) is 48.9 Å². The van der Waals surface area contributed by atoms with Gasteiger partial charge in [0.25, 0.3) is 0 Å². The van der Waals surface area contributed by atoms with Crippen LogP contribution in [0, 0.1) is 13.8 Å². The minimum Gasteiger partial charge on any atom is -0.366 e. The number of rotatable bonds is 3. The van der Waals surface area contributed by atoms with Gasteiger partial charge >= 0.3 is 0 Å². The summed E-state index contributed by atoms with van der Waals surface area (Å²) in [6, 6.07) is 9.09. The van der Waals surface area contributed by atoms with Gasteiger partial charge in [-0.2, -0.15) is 5.10 Å². The largest absolute Gasteiger partial charge is 0.366 e. The molecule has 4 aromatic rings. The van der Waals surface area contributed by atoms with Crippen molar-refractivity contribution in [2.75, 3.05) is 0 Å². The van der Waals surface area contributed by atoms with Gasteiger partial charge in [-0.1, -0.05) is 6.07 Å². The number of primary amides is 1. The molecule has 0 unspecified atom stereocenters. The van der Waals surface area contributed by atoms with Crippen molar-refractivity contribution in [3.05, 3.63) is 65.9 Å². The number of nitrogens with two attached hydrogens (primary N) is 1. The monoisotopic (exact) mass is 332 g/mol. The van der Waals surface area contributed by atoms with Crippen molar-refractivity contribution in [1.82, 2.24) is 24.1 Å². The first-order valence-corrected chi connectivity index (χ1v) is 7.80. The molecule has 0 atom stereocenters. The summed E-state index contributed by atoms with van der Waals surface area (Å²) in [7, 11) is 0. The van der Waals surface area contributed by atoms with Crippen LogP contribution in [0.25, 0.3) is 22.7 Å². The standard InChI is InChI=1S/C18H16N6O/c1-11-8-12(2)24-18(22-11)15(10-21-24)17-20-6-7-23(17)14-5-3-4-13(9-14)16(19)25/h3-10H,1-2H3,(H2,19,25). The molecule has 2 N–H and O–H groups in total. The number of nitrogens with zero attached hydrogens (tertiary/aromatic N) is 5. The molecule has 0 radical (unpaired) electrons. The molecule has 124 valence electrons. The van der Waals surface area contributed by atoms with Crippen LogP contribution >= 0.6 is 0 Å². The van der Waals surface area contributed by atoms with E-state index in [0.29, 0.717) is 11.4 Å². The molecule has 0 fully saturated rings.